The van der Waals surface area contributed by atoms with Gasteiger partial charge in [-0.2, -0.15) is 0 Å². The summed E-state index contributed by atoms with van der Waals surface area (Å²) in [4.78, 5) is 11.1. The number of fused-ring (bicyclic) bond motifs is 1. The molecule has 1 aromatic carbocycles. The van der Waals surface area contributed by atoms with Crippen molar-refractivity contribution in [1.29, 1.82) is 0 Å². The van der Waals surface area contributed by atoms with Crippen LogP contribution in [0.2, 0.25) is 0 Å². The summed E-state index contributed by atoms with van der Waals surface area (Å²) >= 11 is 0. The summed E-state index contributed by atoms with van der Waals surface area (Å²) in [6.45, 7) is 0.509. The molecule has 0 amide bonds. The first-order chi connectivity index (χ1) is 9.11. The molecule has 2 fully saturated rings. The Morgan fingerprint density at radius 3 is 3.00 bits per heavy atom. The predicted molar refractivity (Wildman–Crippen MR) is 68.2 cm³/mol. The van der Waals surface area contributed by atoms with Gasteiger partial charge in [-0.05, 0) is 43.7 Å². The Bertz CT molecular complexity index is 502. The number of alkyl halides is 1. The first-order valence-electron chi connectivity index (χ1n) is 6.70. The van der Waals surface area contributed by atoms with Crippen LogP contribution in [-0.2, 0) is 0 Å². The number of carboxylic acid groups (broad SMARTS) is 1. The highest BCUT2D eigenvalue weighted by atomic mass is 19.1. The Labute approximate surface area is 111 Å². The van der Waals surface area contributed by atoms with Gasteiger partial charge in [-0.25, -0.2) is 9.18 Å². The molecule has 0 saturated heterocycles. The molecule has 4 heteroatoms. The van der Waals surface area contributed by atoms with E-state index in [4.69, 9.17) is 9.84 Å². The number of halogens is 1. The van der Waals surface area contributed by atoms with Crippen molar-refractivity contribution in [2.45, 2.75) is 31.9 Å². The van der Waals surface area contributed by atoms with Crippen molar-refractivity contribution in [3.8, 4) is 5.75 Å². The van der Waals surface area contributed by atoms with Gasteiger partial charge in [0.15, 0.2) is 0 Å². The van der Waals surface area contributed by atoms with Crippen LogP contribution in [0.3, 0.4) is 0 Å². The van der Waals surface area contributed by atoms with E-state index in [0.717, 1.165) is 12.8 Å². The first-order valence-corrected chi connectivity index (χ1v) is 6.70. The van der Waals surface area contributed by atoms with Gasteiger partial charge < -0.3 is 9.84 Å². The molecular formula is C15H17FO3. The van der Waals surface area contributed by atoms with Crippen LogP contribution in [0.4, 0.5) is 4.39 Å². The van der Waals surface area contributed by atoms with E-state index in [0.29, 0.717) is 31.1 Å². The molecule has 3 nitrogen and oxygen atoms in total. The van der Waals surface area contributed by atoms with Crippen LogP contribution in [0.15, 0.2) is 24.3 Å². The molecule has 2 saturated carbocycles. The van der Waals surface area contributed by atoms with E-state index in [2.05, 4.69) is 0 Å². The minimum Gasteiger partial charge on any atom is -0.492 e. The van der Waals surface area contributed by atoms with Crippen molar-refractivity contribution in [3.63, 3.8) is 0 Å². The molecular weight excluding hydrogens is 247 g/mol. The highest BCUT2D eigenvalue weighted by Crippen LogP contribution is 2.61. The number of benzene rings is 1. The number of aromatic carboxylic acids is 1. The number of para-hydroxylation sites is 1. The Kier molecular flexibility index (Phi) is 2.96. The standard InChI is InChI=1S/C15H17FO3/c16-11-5-6-15(8-10(15)7-11)9-19-13-4-2-1-3-12(13)14(17)18/h1-4,10-11H,5-9H2,(H,17,18). The lowest BCUT2D eigenvalue weighted by molar-refractivity contribution is 0.0689. The summed E-state index contributed by atoms with van der Waals surface area (Å²) in [5.41, 5.74) is 0.295. The Morgan fingerprint density at radius 1 is 1.47 bits per heavy atom. The van der Waals surface area contributed by atoms with Crippen molar-refractivity contribution in [2.75, 3.05) is 6.61 Å². The maximum atomic E-state index is 13.2. The fourth-order valence-corrected chi connectivity index (χ4v) is 3.18. The maximum Gasteiger partial charge on any atom is 0.339 e. The van der Waals surface area contributed by atoms with Crippen molar-refractivity contribution in [3.05, 3.63) is 29.8 Å². The maximum absolute atomic E-state index is 13.2. The van der Waals surface area contributed by atoms with Crippen LogP contribution >= 0.6 is 0 Å². The molecule has 2 aliphatic carbocycles. The fraction of sp³-hybridized carbons (Fsp3) is 0.533. The lowest BCUT2D eigenvalue weighted by atomic mass is 9.88. The highest BCUT2D eigenvalue weighted by molar-refractivity contribution is 5.90. The van der Waals surface area contributed by atoms with E-state index in [-0.39, 0.29) is 11.0 Å². The predicted octanol–water partition coefficient (Wildman–Crippen LogP) is 3.29. The first kappa shape index (κ1) is 12.5. The van der Waals surface area contributed by atoms with Gasteiger partial charge in [-0.15, -0.1) is 0 Å². The summed E-state index contributed by atoms with van der Waals surface area (Å²) in [6.07, 6.45) is 2.47. The summed E-state index contributed by atoms with van der Waals surface area (Å²) in [7, 11) is 0. The molecule has 0 spiro atoms. The lowest BCUT2D eigenvalue weighted by Crippen LogP contribution is -2.23. The van der Waals surface area contributed by atoms with Gasteiger partial charge in [-0.3, -0.25) is 0 Å². The quantitative estimate of drug-likeness (QED) is 0.907. The average molecular weight is 264 g/mol. The van der Waals surface area contributed by atoms with Gasteiger partial charge in [0.2, 0.25) is 0 Å². The van der Waals surface area contributed by atoms with Gasteiger partial charge in [0, 0.05) is 5.41 Å². The van der Waals surface area contributed by atoms with Crippen molar-refractivity contribution < 1.29 is 19.0 Å². The van der Waals surface area contributed by atoms with Crippen LogP contribution < -0.4 is 4.74 Å². The minimum atomic E-state index is -0.979. The number of hydrogen-bond donors (Lipinski definition) is 1. The SMILES string of the molecule is O=C(O)c1ccccc1OCC12CCC(F)CC1C2. The van der Waals surface area contributed by atoms with Crippen LogP contribution in [0.1, 0.15) is 36.0 Å². The third-order valence-corrected chi connectivity index (χ3v) is 4.49. The number of carboxylic acids is 1. The summed E-state index contributed by atoms with van der Waals surface area (Å²) < 4.78 is 19.0. The van der Waals surface area contributed by atoms with Crippen molar-refractivity contribution in [2.24, 2.45) is 11.3 Å². The minimum absolute atomic E-state index is 0.105. The van der Waals surface area contributed by atoms with E-state index in [9.17, 15) is 9.18 Å². The van der Waals surface area contributed by atoms with Gasteiger partial charge in [0.1, 0.15) is 17.5 Å². The molecule has 3 unspecified atom stereocenters. The van der Waals surface area contributed by atoms with E-state index in [1.807, 2.05) is 0 Å². The van der Waals surface area contributed by atoms with Gasteiger partial charge in [0.25, 0.3) is 0 Å². The number of rotatable bonds is 4. The number of ether oxygens (including phenoxy) is 1. The Hall–Kier alpha value is -1.58. The molecule has 19 heavy (non-hydrogen) atoms. The molecule has 0 heterocycles. The Balaban J connectivity index is 1.66. The van der Waals surface area contributed by atoms with E-state index in [1.54, 1.807) is 18.2 Å². The van der Waals surface area contributed by atoms with Gasteiger partial charge in [0.05, 0.1) is 6.61 Å². The van der Waals surface area contributed by atoms with Crippen LogP contribution in [0.25, 0.3) is 0 Å². The monoisotopic (exact) mass is 264 g/mol. The van der Waals surface area contributed by atoms with E-state index < -0.39 is 12.1 Å². The zero-order chi connectivity index (χ0) is 13.5. The van der Waals surface area contributed by atoms with Crippen LogP contribution in [0, 0.1) is 11.3 Å². The Morgan fingerprint density at radius 2 is 2.26 bits per heavy atom. The van der Waals surface area contributed by atoms with Crippen molar-refractivity contribution in [1.82, 2.24) is 0 Å². The highest BCUT2D eigenvalue weighted by Gasteiger charge is 2.57. The fourth-order valence-electron chi connectivity index (χ4n) is 3.18. The lowest BCUT2D eigenvalue weighted by Gasteiger charge is -2.24. The zero-order valence-corrected chi connectivity index (χ0v) is 10.6. The number of hydrogen-bond acceptors (Lipinski definition) is 2. The largest absolute Gasteiger partial charge is 0.492 e. The van der Waals surface area contributed by atoms with E-state index in [1.165, 1.54) is 6.07 Å². The van der Waals surface area contributed by atoms with Crippen LogP contribution in [0.5, 0.6) is 5.75 Å². The van der Waals surface area contributed by atoms with Gasteiger partial charge in [-0.1, -0.05) is 12.1 Å². The third kappa shape index (κ3) is 2.31. The molecule has 3 atom stereocenters. The average Bonchev–Trinajstić information content (AvgIpc) is 3.10. The second kappa shape index (κ2) is 4.51. The zero-order valence-electron chi connectivity index (χ0n) is 10.6. The van der Waals surface area contributed by atoms with Crippen LogP contribution in [-0.4, -0.2) is 23.9 Å². The summed E-state index contributed by atoms with van der Waals surface area (Å²) in [5, 5.41) is 9.08. The number of carbonyl (C=O) groups is 1. The second-order valence-corrected chi connectivity index (χ2v) is 5.73. The molecule has 102 valence electrons. The van der Waals surface area contributed by atoms with E-state index >= 15 is 0 Å². The molecule has 0 aliphatic heterocycles. The molecule has 1 N–H and O–H groups in total. The second-order valence-electron chi connectivity index (χ2n) is 5.73. The van der Waals surface area contributed by atoms with Crippen molar-refractivity contribution >= 4 is 5.97 Å². The van der Waals surface area contributed by atoms with Gasteiger partial charge >= 0.3 is 5.97 Å². The molecule has 3 rings (SSSR count). The summed E-state index contributed by atoms with van der Waals surface area (Å²) in [5.74, 6) is -0.140. The summed E-state index contributed by atoms with van der Waals surface area (Å²) in [6, 6.07) is 6.67. The molecule has 1 aromatic rings. The third-order valence-electron chi connectivity index (χ3n) is 4.49. The molecule has 0 radical (unpaired) electrons. The topological polar surface area (TPSA) is 46.5 Å². The smallest absolute Gasteiger partial charge is 0.339 e. The normalized spacial score (nSPS) is 32.5. The molecule has 0 aromatic heterocycles. The molecule has 2 aliphatic rings. The molecule has 0 bridgehead atoms.